The van der Waals surface area contributed by atoms with Crippen molar-refractivity contribution >= 4 is 36.0 Å². The second-order valence-corrected chi connectivity index (χ2v) is 6.55. The fraction of sp³-hybridized carbons (Fsp3) is 0.0667. The molecule has 2 rings (SSSR count). The van der Waals surface area contributed by atoms with Gasteiger partial charge in [-0.3, -0.25) is 14.2 Å². The molecule has 0 fully saturated rings. The number of carbonyl (C=O) groups excluding carboxylic acids is 2. The maximum Gasteiger partial charge on any atom is 0.356 e. The predicted octanol–water partition coefficient (Wildman–Crippen LogP) is 1.53. The van der Waals surface area contributed by atoms with E-state index < -0.39 is 13.5 Å². The molecule has 0 atom stereocenters. The van der Waals surface area contributed by atoms with Crippen LogP contribution in [0.4, 0.5) is 11.4 Å². The van der Waals surface area contributed by atoms with Gasteiger partial charge in [0.1, 0.15) is 0 Å². The summed E-state index contributed by atoms with van der Waals surface area (Å²) in [6, 6.07) is 9.73. The summed E-state index contributed by atoms with van der Waals surface area (Å²) in [7, 11) is -4.47. The Morgan fingerprint density at radius 2 is 1.61 bits per heavy atom. The number of anilines is 2. The Kier molecular flexibility index (Phi) is 4.65. The maximum atomic E-state index is 12.1. The lowest BCUT2D eigenvalue weighted by Gasteiger charge is -2.10. The third kappa shape index (κ3) is 4.26. The van der Waals surface area contributed by atoms with Crippen molar-refractivity contribution in [2.75, 3.05) is 11.1 Å². The van der Waals surface area contributed by atoms with Crippen molar-refractivity contribution < 1.29 is 23.9 Å². The number of nitrogens with one attached hydrogen (secondary N) is 1. The molecule has 0 heterocycles. The first-order chi connectivity index (χ1) is 10.7. The summed E-state index contributed by atoms with van der Waals surface area (Å²) in [5.41, 5.74) is 6.66. The van der Waals surface area contributed by atoms with Crippen molar-refractivity contribution in [1.82, 2.24) is 0 Å². The highest BCUT2D eigenvalue weighted by molar-refractivity contribution is 7.60. The van der Waals surface area contributed by atoms with E-state index in [1.807, 2.05) is 0 Å². The Bertz CT molecular complexity index is 811. The van der Waals surface area contributed by atoms with E-state index in [1.165, 1.54) is 43.3 Å². The molecule has 0 radical (unpaired) electrons. The van der Waals surface area contributed by atoms with Gasteiger partial charge in [0.05, 0.1) is 5.30 Å². The molecule has 0 spiro atoms. The summed E-state index contributed by atoms with van der Waals surface area (Å²) < 4.78 is 11.3. The number of carbonyl (C=O) groups is 2. The average Bonchev–Trinajstić information content (AvgIpc) is 2.45. The van der Waals surface area contributed by atoms with Crippen LogP contribution in [0.25, 0.3) is 0 Å². The summed E-state index contributed by atoms with van der Waals surface area (Å²) in [5.74, 6) is -0.596. The quantitative estimate of drug-likeness (QED) is 0.381. The molecule has 1 amide bonds. The Labute approximate surface area is 132 Å². The first-order valence-electron chi connectivity index (χ1n) is 6.56. The van der Waals surface area contributed by atoms with E-state index in [0.717, 1.165) is 6.07 Å². The SMILES string of the molecule is CC(=O)c1ccc(C(=O)Nc2cc(N)cc(P(=O)(O)O)c2)cc1. The lowest BCUT2D eigenvalue weighted by molar-refractivity contribution is 0.101. The molecule has 2 aromatic rings. The molecule has 0 unspecified atom stereocenters. The van der Waals surface area contributed by atoms with Crippen LogP contribution in [0.3, 0.4) is 0 Å². The topological polar surface area (TPSA) is 130 Å². The first kappa shape index (κ1) is 16.9. The number of rotatable bonds is 4. The van der Waals surface area contributed by atoms with E-state index in [1.54, 1.807) is 0 Å². The molecular weight excluding hydrogens is 319 g/mol. The normalized spacial score (nSPS) is 11.1. The van der Waals surface area contributed by atoms with E-state index in [-0.39, 0.29) is 22.5 Å². The summed E-state index contributed by atoms with van der Waals surface area (Å²) in [6.07, 6.45) is 0. The van der Waals surface area contributed by atoms with Crippen molar-refractivity contribution in [2.45, 2.75) is 6.92 Å². The van der Waals surface area contributed by atoms with Gasteiger partial charge < -0.3 is 20.8 Å². The van der Waals surface area contributed by atoms with Crippen molar-refractivity contribution in [3.05, 3.63) is 53.6 Å². The summed E-state index contributed by atoms with van der Waals surface area (Å²) >= 11 is 0. The van der Waals surface area contributed by atoms with Gasteiger partial charge in [0, 0.05) is 22.5 Å². The van der Waals surface area contributed by atoms with Gasteiger partial charge in [-0.15, -0.1) is 0 Å². The molecule has 8 heteroatoms. The third-order valence-corrected chi connectivity index (χ3v) is 4.02. The van der Waals surface area contributed by atoms with Gasteiger partial charge in [0.2, 0.25) is 0 Å². The van der Waals surface area contributed by atoms with E-state index in [0.29, 0.717) is 11.1 Å². The summed E-state index contributed by atoms with van der Waals surface area (Å²) in [5, 5.41) is 2.23. The number of hydrogen-bond acceptors (Lipinski definition) is 4. The summed E-state index contributed by atoms with van der Waals surface area (Å²) in [4.78, 5) is 41.7. The van der Waals surface area contributed by atoms with Crippen LogP contribution in [0.15, 0.2) is 42.5 Å². The molecule has 0 saturated carbocycles. The average molecular weight is 334 g/mol. The molecule has 2 aromatic carbocycles. The Morgan fingerprint density at radius 3 is 2.13 bits per heavy atom. The van der Waals surface area contributed by atoms with Gasteiger partial charge in [-0.25, -0.2) is 0 Å². The molecule has 0 bridgehead atoms. The summed E-state index contributed by atoms with van der Waals surface area (Å²) in [6.45, 7) is 1.42. The molecule has 5 N–H and O–H groups in total. The van der Waals surface area contributed by atoms with Crippen LogP contribution in [0, 0.1) is 0 Å². The fourth-order valence-corrected chi connectivity index (χ4v) is 2.56. The zero-order valence-corrected chi connectivity index (χ0v) is 13.1. The van der Waals surface area contributed by atoms with Crippen LogP contribution in [-0.2, 0) is 4.57 Å². The molecule has 0 saturated heterocycles. The fourth-order valence-electron chi connectivity index (χ4n) is 1.93. The van der Waals surface area contributed by atoms with Gasteiger partial charge in [0.15, 0.2) is 5.78 Å². The highest BCUT2D eigenvalue weighted by Gasteiger charge is 2.19. The standard InChI is InChI=1S/C15H15N2O5P/c1-9(18)10-2-4-11(5-3-10)15(19)17-13-6-12(16)7-14(8-13)23(20,21)22/h2-8H,16H2,1H3,(H,17,19)(H2,20,21,22). The minimum Gasteiger partial charge on any atom is -0.399 e. The lowest BCUT2D eigenvalue weighted by atomic mass is 10.1. The van der Waals surface area contributed by atoms with Crippen LogP contribution >= 0.6 is 7.60 Å². The molecule has 7 nitrogen and oxygen atoms in total. The first-order valence-corrected chi connectivity index (χ1v) is 8.17. The smallest absolute Gasteiger partial charge is 0.356 e. The molecule has 0 aromatic heterocycles. The third-order valence-electron chi connectivity index (χ3n) is 3.09. The van der Waals surface area contributed by atoms with Gasteiger partial charge in [-0.05, 0) is 37.3 Å². The van der Waals surface area contributed by atoms with E-state index in [9.17, 15) is 23.9 Å². The minimum atomic E-state index is -4.47. The molecule has 0 aliphatic carbocycles. The number of ketones is 1. The van der Waals surface area contributed by atoms with E-state index in [4.69, 9.17) is 5.73 Å². The van der Waals surface area contributed by atoms with Crippen molar-refractivity contribution in [2.24, 2.45) is 0 Å². The highest BCUT2D eigenvalue weighted by atomic mass is 31.2. The molecule has 120 valence electrons. The highest BCUT2D eigenvalue weighted by Crippen LogP contribution is 2.34. The van der Waals surface area contributed by atoms with Gasteiger partial charge in [-0.2, -0.15) is 0 Å². The van der Waals surface area contributed by atoms with Crippen molar-refractivity contribution in [3.63, 3.8) is 0 Å². The molecule has 0 aliphatic heterocycles. The molecule has 0 aliphatic rings. The van der Waals surface area contributed by atoms with Crippen molar-refractivity contribution in [1.29, 1.82) is 0 Å². The predicted molar refractivity (Wildman–Crippen MR) is 86.9 cm³/mol. The maximum absolute atomic E-state index is 12.1. The number of amides is 1. The zero-order chi connectivity index (χ0) is 17.2. The number of benzene rings is 2. The number of nitrogens with two attached hydrogens (primary N) is 1. The van der Waals surface area contributed by atoms with Crippen LogP contribution in [0.5, 0.6) is 0 Å². The van der Waals surface area contributed by atoms with Gasteiger partial charge >= 0.3 is 7.60 Å². The Morgan fingerprint density at radius 1 is 1.04 bits per heavy atom. The second-order valence-electron chi connectivity index (χ2n) is 4.94. The van der Waals surface area contributed by atoms with Crippen LogP contribution < -0.4 is 16.4 Å². The number of hydrogen-bond donors (Lipinski definition) is 4. The Hall–Kier alpha value is -2.47. The molecule has 23 heavy (non-hydrogen) atoms. The van der Waals surface area contributed by atoms with Crippen molar-refractivity contribution in [3.8, 4) is 0 Å². The van der Waals surface area contributed by atoms with E-state index >= 15 is 0 Å². The van der Waals surface area contributed by atoms with Gasteiger partial charge in [0.25, 0.3) is 5.91 Å². The number of nitrogen functional groups attached to an aromatic ring is 1. The minimum absolute atomic E-state index is 0.112. The van der Waals surface area contributed by atoms with Gasteiger partial charge in [-0.1, -0.05) is 12.1 Å². The van der Waals surface area contributed by atoms with Crippen LogP contribution in [0.1, 0.15) is 27.6 Å². The lowest BCUT2D eigenvalue weighted by Crippen LogP contribution is -2.15. The monoisotopic (exact) mass is 334 g/mol. The van der Waals surface area contributed by atoms with E-state index in [2.05, 4.69) is 5.32 Å². The zero-order valence-electron chi connectivity index (χ0n) is 12.2. The largest absolute Gasteiger partial charge is 0.399 e. The second kappa shape index (κ2) is 6.34. The molecular formula is C15H15N2O5P. The van der Waals surface area contributed by atoms with Crippen LogP contribution in [0.2, 0.25) is 0 Å². The van der Waals surface area contributed by atoms with Crippen LogP contribution in [-0.4, -0.2) is 21.5 Å². The number of Topliss-reactive ketones (excluding diaryl/α,β-unsaturated/α-hetero) is 1. The Balaban J connectivity index is 2.25.